The summed E-state index contributed by atoms with van der Waals surface area (Å²) >= 11 is 0. The summed E-state index contributed by atoms with van der Waals surface area (Å²) in [6, 6.07) is 12.8. The average Bonchev–Trinajstić information content (AvgIpc) is 3.18. The van der Waals surface area contributed by atoms with Crippen LogP contribution in [-0.2, 0) is 32.0 Å². The first kappa shape index (κ1) is 24.0. The minimum atomic E-state index is -0.752. The fourth-order valence-electron chi connectivity index (χ4n) is 3.70. The Balaban J connectivity index is 1.52. The van der Waals surface area contributed by atoms with Gasteiger partial charge in [0.25, 0.3) is 11.8 Å². The average molecular weight is 452 g/mol. The zero-order valence-corrected chi connectivity index (χ0v) is 19.1. The van der Waals surface area contributed by atoms with Gasteiger partial charge in [0.05, 0.1) is 12.5 Å². The minimum Gasteiger partial charge on any atom is -0.455 e. The van der Waals surface area contributed by atoms with Crippen molar-refractivity contribution in [3.8, 4) is 0 Å². The Morgan fingerprint density at radius 2 is 1.67 bits per heavy atom. The number of benzene rings is 2. The zero-order chi connectivity index (χ0) is 24.0. The number of hydrazine groups is 1. The molecule has 3 amide bonds. The van der Waals surface area contributed by atoms with Crippen molar-refractivity contribution in [2.24, 2.45) is 5.92 Å². The van der Waals surface area contributed by atoms with Crippen LogP contribution in [0.5, 0.6) is 0 Å². The molecule has 1 aliphatic heterocycles. The van der Waals surface area contributed by atoms with Crippen LogP contribution in [0, 0.1) is 12.8 Å². The highest BCUT2D eigenvalue weighted by Crippen LogP contribution is 2.23. The third kappa shape index (κ3) is 5.97. The number of esters is 1. The molecule has 1 saturated heterocycles. The Labute approximate surface area is 193 Å². The largest absolute Gasteiger partial charge is 0.455 e. The predicted molar refractivity (Wildman–Crippen MR) is 123 cm³/mol. The van der Waals surface area contributed by atoms with Gasteiger partial charge in [-0.1, -0.05) is 49.7 Å². The van der Waals surface area contributed by atoms with Gasteiger partial charge in [-0.25, -0.2) is 0 Å². The smallest absolute Gasteiger partial charge is 0.311 e. The van der Waals surface area contributed by atoms with E-state index in [1.54, 1.807) is 24.3 Å². The van der Waals surface area contributed by atoms with Gasteiger partial charge < -0.3 is 10.1 Å². The number of carbonyl (C=O) groups excluding carboxylic acids is 4. The molecule has 2 N–H and O–H groups in total. The van der Waals surface area contributed by atoms with Crippen molar-refractivity contribution in [1.29, 1.82) is 0 Å². The van der Waals surface area contributed by atoms with Crippen molar-refractivity contribution in [2.75, 3.05) is 18.5 Å². The minimum absolute atomic E-state index is 0.00443. The monoisotopic (exact) mass is 451 g/mol. The van der Waals surface area contributed by atoms with E-state index in [0.29, 0.717) is 5.56 Å². The number of anilines is 1. The van der Waals surface area contributed by atoms with Gasteiger partial charge >= 0.3 is 5.97 Å². The van der Waals surface area contributed by atoms with Gasteiger partial charge in [-0.3, -0.25) is 29.6 Å². The number of ether oxygens (including phenoxy) is 1. The third-order valence-corrected chi connectivity index (χ3v) is 5.62. The van der Waals surface area contributed by atoms with Gasteiger partial charge in [0.2, 0.25) is 5.91 Å². The van der Waals surface area contributed by atoms with Crippen molar-refractivity contribution >= 4 is 29.4 Å². The van der Waals surface area contributed by atoms with Crippen LogP contribution in [0.1, 0.15) is 47.3 Å². The molecule has 8 heteroatoms. The molecule has 0 radical (unpaired) electrons. The normalized spacial score (nSPS) is 15.3. The molecule has 2 aromatic rings. The number of nitrogens with one attached hydrogen (secondary N) is 2. The molecule has 0 saturated carbocycles. The van der Waals surface area contributed by atoms with E-state index in [9.17, 15) is 19.2 Å². The molecule has 0 aromatic heterocycles. The van der Waals surface area contributed by atoms with E-state index in [2.05, 4.69) is 10.7 Å². The molecule has 2 aromatic carbocycles. The highest BCUT2D eigenvalue weighted by atomic mass is 16.5. The van der Waals surface area contributed by atoms with E-state index in [4.69, 9.17) is 4.74 Å². The third-order valence-electron chi connectivity index (χ3n) is 5.62. The number of carbonyl (C=O) groups is 4. The summed E-state index contributed by atoms with van der Waals surface area (Å²) in [6.07, 6.45) is 1.43. The predicted octanol–water partition coefficient (Wildman–Crippen LogP) is 2.80. The van der Waals surface area contributed by atoms with Crippen molar-refractivity contribution in [3.63, 3.8) is 0 Å². The van der Waals surface area contributed by atoms with Crippen LogP contribution in [0.2, 0.25) is 0 Å². The van der Waals surface area contributed by atoms with Crippen molar-refractivity contribution < 1.29 is 23.9 Å². The summed E-state index contributed by atoms with van der Waals surface area (Å²) in [4.78, 5) is 49.4. The van der Waals surface area contributed by atoms with Crippen LogP contribution in [0.15, 0.2) is 42.5 Å². The first-order valence-corrected chi connectivity index (χ1v) is 11.1. The molecule has 33 heavy (non-hydrogen) atoms. The van der Waals surface area contributed by atoms with Gasteiger partial charge in [0.15, 0.2) is 6.61 Å². The summed E-state index contributed by atoms with van der Waals surface area (Å²) in [5, 5.41) is 3.97. The molecule has 3 rings (SSSR count). The number of aryl methyl sites for hydroxylation is 3. The highest BCUT2D eigenvalue weighted by Gasteiger charge is 2.36. The van der Waals surface area contributed by atoms with Crippen LogP contribution in [0.4, 0.5) is 5.69 Å². The van der Waals surface area contributed by atoms with E-state index in [-0.39, 0.29) is 18.9 Å². The van der Waals surface area contributed by atoms with E-state index in [0.717, 1.165) is 40.2 Å². The van der Waals surface area contributed by atoms with Gasteiger partial charge in [-0.15, -0.1) is 0 Å². The van der Waals surface area contributed by atoms with Crippen LogP contribution in [0.25, 0.3) is 0 Å². The lowest BCUT2D eigenvalue weighted by atomic mass is 10.0. The number of nitrogens with zero attached hydrogens (tertiary/aromatic N) is 1. The van der Waals surface area contributed by atoms with Gasteiger partial charge in [-0.2, -0.15) is 0 Å². The maximum absolute atomic E-state index is 12.4. The van der Waals surface area contributed by atoms with Crippen LogP contribution >= 0.6 is 0 Å². The summed E-state index contributed by atoms with van der Waals surface area (Å²) in [7, 11) is 0. The molecule has 8 nitrogen and oxygen atoms in total. The SMILES string of the molecule is CCc1cccc(CC)c1NC(=O)COC(=O)[C@H]1CC(=O)N(NC(=O)c2ccc(C)cc2)C1. The van der Waals surface area contributed by atoms with Crippen molar-refractivity contribution in [1.82, 2.24) is 10.4 Å². The van der Waals surface area contributed by atoms with E-state index in [1.165, 1.54) is 0 Å². The van der Waals surface area contributed by atoms with E-state index in [1.807, 2.05) is 39.0 Å². The molecule has 0 aliphatic carbocycles. The molecule has 1 atom stereocenters. The summed E-state index contributed by atoms with van der Waals surface area (Å²) in [6.45, 7) is 5.47. The molecule has 0 unspecified atom stereocenters. The van der Waals surface area contributed by atoms with Gasteiger partial charge in [0, 0.05) is 17.7 Å². The molecule has 1 heterocycles. The number of hydrogen-bond acceptors (Lipinski definition) is 5. The summed E-state index contributed by atoms with van der Waals surface area (Å²) < 4.78 is 5.16. The molecule has 1 aliphatic rings. The molecule has 1 fully saturated rings. The lowest BCUT2D eigenvalue weighted by molar-refractivity contribution is -0.151. The van der Waals surface area contributed by atoms with Gasteiger partial charge in [-0.05, 0) is 43.0 Å². The quantitative estimate of drug-likeness (QED) is 0.601. The first-order valence-electron chi connectivity index (χ1n) is 11.1. The zero-order valence-electron chi connectivity index (χ0n) is 19.1. The molecular formula is C25H29N3O5. The number of hydrogen-bond donors (Lipinski definition) is 2. The van der Waals surface area contributed by atoms with Crippen LogP contribution in [0.3, 0.4) is 0 Å². The summed E-state index contributed by atoms with van der Waals surface area (Å²) in [5.41, 5.74) is 6.73. The number of rotatable bonds is 8. The lowest BCUT2D eigenvalue weighted by Crippen LogP contribution is -2.43. The topological polar surface area (TPSA) is 105 Å². The fraction of sp³-hybridized carbons (Fsp3) is 0.360. The molecule has 0 bridgehead atoms. The maximum atomic E-state index is 12.4. The Morgan fingerprint density at radius 3 is 2.27 bits per heavy atom. The maximum Gasteiger partial charge on any atom is 0.311 e. The lowest BCUT2D eigenvalue weighted by Gasteiger charge is -2.18. The Hall–Kier alpha value is -3.68. The van der Waals surface area contributed by atoms with Crippen molar-refractivity contribution in [3.05, 3.63) is 64.7 Å². The van der Waals surface area contributed by atoms with Crippen LogP contribution in [-0.4, -0.2) is 41.9 Å². The second-order valence-corrected chi connectivity index (χ2v) is 8.03. The second kappa shape index (κ2) is 10.8. The Kier molecular flexibility index (Phi) is 7.82. The van der Waals surface area contributed by atoms with E-state index >= 15 is 0 Å². The Morgan fingerprint density at radius 1 is 1.03 bits per heavy atom. The number of amides is 3. The molecule has 0 spiro atoms. The summed E-state index contributed by atoms with van der Waals surface area (Å²) in [5.74, 6) is -2.65. The van der Waals surface area contributed by atoms with E-state index < -0.39 is 30.3 Å². The van der Waals surface area contributed by atoms with Crippen LogP contribution < -0.4 is 10.7 Å². The fourth-order valence-corrected chi connectivity index (χ4v) is 3.70. The second-order valence-electron chi connectivity index (χ2n) is 8.03. The standard InChI is InChI=1S/C25H29N3O5/c1-4-17-7-6-8-18(5-2)23(17)26-21(29)15-33-25(32)20-13-22(30)28(14-20)27-24(31)19-11-9-16(3)10-12-19/h6-12,20H,4-5,13-15H2,1-3H3,(H,26,29)(H,27,31)/t20-/m0/s1. The van der Waals surface area contributed by atoms with Gasteiger partial charge in [0.1, 0.15) is 0 Å². The first-order chi connectivity index (χ1) is 15.8. The highest BCUT2D eigenvalue weighted by molar-refractivity contribution is 5.97. The molecular weight excluding hydrogens is 422 g/mol. The Bertz CT molecular complexity index is 1030. The molecule has 174 valence electrons. The van der Waals surface area contributed by atoms with Crippen molar-refractivity contribution in [2.45, 2.75) is 40.0 Å². The number of para-hydroxylation sites is 1.